The molecular formula is C15H18N2O4. The number of carboxylic acids is 1. The van der Waals surface area contributed by atoms with Gasteiger partial charge in [-0.3, -0.25) is 4.79 Å². The van der Waals surface area contributed by atoms with Crippen LogP contribution in [0, 0.1) is 0 Å². The summed E-state index contributed by atoms with van der Waals surface area (Å²) in [5.74, 6) is -0.389. The van der Waals surface area contributed by atoms with Crippen molar-refractivity contribution in [3.8, 4) is 17.3 Å². The summed E-state index contributed by atoms with van der Waals surface area (Å²) in [6.07, 6.45) is -0.157. The van der Waals surface area contributed by atoms with Crippen LogP contribution in [0.2, 0.25) is 0 Å². The summed E-state index contributed by atoms with van der Waals surface area (Å²) in [6, 6.07) is 6.56. The van der Waals surface area contributed by atoms with E-state index in [4.69, 9.17) is 9.84 Å². The number of phenolic OH excluding ortho intramolecular Hbond substituents is 1. The van der Waals surface area contributed by atoms with Gasteiger partial charge in [-0.05, 0) is 18.1 Å². The second-order valence-corrected chi connectivity index (χ2v) is 5.03. The van der Waals surface area contributed by atoms with Crippen molar-refractivity contribution >= 4 is 5.97 Å². The zero-order valence-corrected chi connectivity index (χ0v) is 12.2. The van der Waals surface area contributed by atoms with E-state index < -0.39 is 5.97 Å². The normalized spacial score (nSPS) is 10.9. The molecule has 2 N–H and O–H groups in total. The largest absolute Gasteiger partial charge is 0.508 e. The minimum Gasteiger partial charge on any atom is -0.508 e. The van der Waals surface area contributed by atoms with Crippen LogP contribution in [0.4, 0.5) is 0 Å². The first-order valence-electron chi connectivity index (χ1n) is 6.61. The molecule has 2 aromatic rings. The predicted octanol–water partition coefficient (Wildman–Crippen LogP) is 2.34. The van der Waals surface area contributed by atoms with Crippen molar-refractivity contribution in [1.29, 1.82) is 0 Å². The van der Waals surface area contributed by atoms with Gasteiger partial charge in [0.2, 0.25) is 5.88 Å². The van der Waals surface area contributed by atoms with Gasteiger partial charge in [-0.25, -0.2) is 4.68 Å². The Labute approximate surface area is 122 Å². The van der Waals surface area contributed by atoms with E-state index in [1.807, 2.05) is 13.8 Å². The van der Waals surface area contributed by atoms with Gasteiger partial charge in [0.1, 0.15) is 5.75 Å². The first kappa shape index (κ1) is 14.9. The van der Waals surface area contributed by atoms with Gasteiger partial charge in [0.25, 0.3) is 0 Å². The van der Waals surface area contributed by atoms with E-state index >= 15 is 0 Å². The maximum atomic E-state index is 11.1. The molecule has 0 fully saturated rings. The summed E-state index contributed by atoms with van der Waals surface area (Å²) in [7, 11) is 1.48. The second-order valence-electron chi connectivity index (χ2n) is 5.03. The van der Waals surface area contributed by atoms with Crippen LogP contribution in [0.5, 0.6) is 11.6 Å². The van der Waals surface area contributed by atoms with Crippen molar-refractivity contribution < 1.29 is 19.7 Å². The van der Waals surface area contributed by atoms with Crippen LogP contribution in [0.15, 0.2) is 24.3 Å². The van der Waals surface area contributed by atoms with Crippen molar-refractivity contribution in [2.24, 2.45) is 0 Å². The number of carboxylic acid groups (broad SMARTS) is 1. The first-order valence-corrected chi connectivity index (χ1v) is 6.61. The summed E-state index contributed by atoms with van der Waals surface area (Å²) < 4.78 is 6.88. The van der Waals surface area contributed by atoms with Crippen LogP contribution in [0.3, 0.4) is 0 Å². The molecule has 2 rings (SSSR count). The van der Waals surface area contributed by atoms with Gasteiger partial charge in [-0.2, -0.15) is 5.10 Å². The average Bonchev–Trinajstić information content (AvgIpc) is 2.76. The van der Waals surface area contributed by atoms with E-state index in [1.165, 1.54) is 11.8 Å². The number of hydrogen-bond donors (Lipinski definition) is 2. The molecule has 0 saturated carbocycles. The molecule has 0 unspecified atom stereocenters. The number of aromatic nitrogens is 2. The molecule has 0 saturated heterocycles. The minimum atomic E-state index is -0.939. The van der Waals surface area contributed by atoms with Gasteiger partial charge < -0.3 is 14.9 Å². The minimum absolute atomic E-state index is 0.0619. The molecular weight excluding hydrogens is 272 g/mol. The maximum Gasteiger partial charge on any atom is 0.308 e. The third kappa shape index (κ3) is 2.99. The van der Waals surface area contributed by atoms with Crippen LogP contribution in [-0.2, 0) is 11.2 Å². The Bertz CT molecular complexity index is 662. The topological polar surface area (TPSA) is 84.6 Å². The van der Waals surface area contributed by atoms with E-state index in [2.05, 4.69) is 5.10 Å². The van der Waals surface area contributed by atoms with Crippen LogP contribution in [0.1, 0.15) is 31.0 Å². The molecule has 0 atom stereocenters. The number of rotatable bonds is 5. The van der Waals surface area contributed by atoms with Gasteiger partial charge in [-0.15, -0.1) is 0 Å². The van der Waals surface area contributed by atoms with Crippen LogP contribution in [-0.4, -0.2) is 33.1 Å². The van der Waals surface area contributed by atoms with Gasteiger partial charge >= 0.3 is 5.97 Å². The van der Waals surface area contributed by atoms with Crippen molar-refractivity contribution in [1.82, 2.24) is 9.78 Å². The van der Waals surface area contributed by atoms with Crippen molar-refractivity contribution in [3.05, 3.63) is 35.5 Å². The molecule has 6 heteroatoms. The molecule has 112 valence electrons. The first-order chi connectivity index (χ1) is 9.93. The number of hydrogen-bond acceptors (Lipinski definition) is 4. The SMILES string of the molecule is COc1c(CC(=O)O)c(C(C)C)nn1-c1cccc(O)c1. The molecule has 0 bridgehead atoms. The number of aliphatic carboxylic acids is 1. The zero-order chi connectivity index (χ0) is 15.6. The van der Waals surface area contributed by atoms with E-state index in [0.29, 0.717) is 22.8 Å². The molecule has 0 radical (unpaired) electrons. The van der Waals surface area contributed by atoms with Crippen LogP contribution < -0.4 is 4.74 Å². The van der Waals surface area contributed by atoms with Gasteiger partial charge in [0.15, 0.2) is 0 Å². The lowest BCUT2D eigenvalue weighted by Crippen LogP contribution is -2.05. The third-order valence-electron chi connectivity index (χ3n) is 3.11. The summed E-state index contributed by atoms with van der Waals surface area (Å²) >= 11 is 0. The Balaban J connectivity index is 2.63. The van der Waals surface area contributed by atoms with E-state index in [-0.39, 0.29) is 18.1 Å². The highest BCUT2D eigenvalue weighted by atomic mass is 16.5. The van der Waals surface area contributed by atoms with Crippen molar-refractivity contribution in [3.63, 3.8) is 0 Å². The maximum absolute atomic E-state index is 11.1. The summed E-state index contributed by atoms with van der Waals surface area (Å²) in [5.41, 5.74) is 1.85. The lowest BCUT2D eigenvalue weighted by molar-refractivity contribution is -0.136. The van der Waals surface area contributed by atoms with Crippen molar-refractivity contribution in [2.75, 3.05) is 7.11 Å². The molecule has 1 aromatic heterocycles. The summed E-state index contributed by atoms with van der Waals surface area (Å²) in [4.78, 5) is 11.1. The Morgan fingerprint density at radius 1 is 1.43 bits per heavy atom. The van der Waals surface area contributed by atoms with Crippen LogP contribution >= 0.6 is 0 Å². The average molecular weight is 290 g/mol. The number of nitrogens with zero attached hydrogens (tertiary/aromatic N) is 2. The highest BCUT2D eigenvalue weighted by molar-refractivity contribution is 5.72. The van der Waals surface area contributed by atoms with Crippen molar-refractivity contribution in [2.45, 2.75) is 26.2 Å². The summed E-state index contributed by atoms with van der Waals surface area (Å²) in [5, 5.41) is 23.1. The molecule has 0 amide bonds. The number of aromatic hydroxyl groups is 1. The summed E-state index contributed by atoms with van der Waals surface area (Å²) in [6.45, 7) is 3.89. The highest BCUT2D eigenvalue weighted by Gasteiger charge is 2.23. The van der Waals surface area contributed by atoms with E-state index in [0.717, 1.165) is 0 Å². The molecule has 1 aromatic carbocycles. The van der Waals surface area contributed by atoms with E-state index in [9.17, 15) is 9.90 Å². The zero-order valence-electron chi connectivity index (χ0n) is 12.2. The fourth-order valence-electron chi connectivity index (χ4n) is 2.24. The molecule has 21 heavy (non-hydrogen) atoms. The molecule has 0 aliphatic carbocycles. The molecule has 0 aliphatic heterocycles. The smallest absolute Gasteiger partial charge is 0.308 e. The highest BCUT2D eigenvalue weighted by Crippen LogP contribution is 2.31. The number of carbonyl (C=O) groups is 1. The number of phenols is 1. The quantitative estimate of drug-likeness (QED) is 0.883. The standard InChI is InChI=1S/C15H18N2O4/c1-9(2)14-12(8-13(19)20)15(21-3)17(16-14)10-5-4-6-11(18)7-10/h4-7,9,18H,8H2,1-3H3,(H,19,20). The Morgan fingerprint density at radius 2 is 2.14 bits per heavy atom. The third-order valence-corrected chi connectivity index (χ3v) is 3.11. The lowest BCUT2D eigenvalue weighted by atomic mass is 10.0. The molecule has 1 heterocycles. The van der Waals surface area contributed by atoms with Crippen LogP contribution in [0.25, 0.3) is 5.69 Å². The number of ether oxygens (including phenoxy) is 1. The number of methoxy groups -OCH3 is 1. The Hall–Kier alpha value is -2.50. The molecule has 0 aliphatic rings. The Morgan fingerprint density at radius 3 is 2.67 bits per heavy atom. The Kier molecular flexibility index (Phi) is 4.16. The van der Waals surface area contributed by atoms with Gasteiger partial charge in [-0.1, -0.05) is 19.9 Å². The molecule has 0 spiro atoms. The second kappa shape index (κ2) is 5.87. The number of benzene rings is 1. The van der Waals surface area contributed by atoms with Gasteiger partial charge in [0.05, 0.1) is 24.9 Å². The fraction of sp³-hybridized carbons (Fsp3) is 0.333. The predicted molar refractivity (Wildman–Crippen MR) is 77.2 cm³/mol. The fourth-order valence-corrected chi connectivity index (χ4v) is 2.24. The van der Waals surface area contributed by atoms with E-state index in [1.54, 1.807) is 24.3 Å². The lowest BCUT2D eigenvalue weighted by Gasteiger charge is -2.07. The molecule has 6 nitrogen and oxygen atoms in total. The monoisotopic (exact) mass is 290 g/mol. The van der Waals surface area contributed by atoms with Gasteiger partial charge in [0, 0.05) is 11.6 Å².